The van der Waals surface area contributed by atoms with Gasteiger partial charge in [-0.1, -0.05) is 12.1 Å². The van der Waals surface area contributed by atoms with E-state index in [0.717, 1.165) is 12.1 Å². The van der Waals surface area contributed by atoms with Crippen molar-refractivity contribution in [3.05, 3.63) is 59.4 Å². The molecule has 0 spiro atoms. The van der Waals surface area contributed by atoms with Crippen molar-refractivity contribution in [3.8, 4) is 0 Å². The minimum atomic E-state index is -1.15. The minimum Gasteiger partial charge on any atom is -0.477 e. The van der Waals surface area contributed by atoms with Crippen LogP contribution in [0.4, 0.5) is 14.5 Å². The summed E-state index contributed by atoms with van der Waals surface area (Å²) in [5, 5.41) is 11.3. The number of carbonyl (C=O) groups is 1. The van der Waals surface area contributed by atoms with E-state index in [4.69, 9.17) is 5.11 Å². The molecule has 0 amide bonds. The predicted molar refractivity (Wildman–Crippen MR) is 64.9 cm³/mol. The van der Waals surface area contributed by atoms with Gasteiger partial charge in [0.15, 0.2) is 0 Å². The fraction of sp³-hybridized carbons (Fsp3) is 0.0769. The number of carboxylic acids is 1. The van der Waals surface area contributed by atoms with E-state index in [1.807, 2.05) is 0 Å². The zero-order chi connectivity index (χ0) is 13.8. The molecule has 0 aliphatic carbocycles. The highest BCUT2D eigenvalue weighted by Crippen LogP contribution is 2.18. The first-order valence-corrected chi connectivity index (χ1v) is 5.45. The highest BCUT2D eigenvalue weighted by atomic mass is 19.1. The van der Waals surface area contributed by atoms with Gasteiger partial charge < -0.3 is 10.4 Å². The van der Waals surface area contributed by atoms with Gasteiger partial charge in [-0.25, -0.2) is 18.6 Å². The summed E-state index contributed by atoms with van der Waals surface area (Å²) in [6, 6.07) is 7.96. The normalized spacial score (nSPS) is 10.2. The van der Waals surface area contributed by atoms with E-state index in [1.54, 1.807) is 6.07 Å². The van der Waals surface area contributed by atoms with Crippen molar-refractivity contribution in [2.24, 2.45) is 0 Å². The van der Waals surface area contributed by atoms with Crippen LogP contribution in [0.1, 0.15) is 16.2 Å². The summed E-state index contributed by atoms with van der Waals surface area (Å²) in [5.41, 5.74) is 0.000821. The largest absolute Gasteiger partial charge is 0.477 e. The molecule has 19 heavy (non-hydrogen) atoms. The van der Waals surface area contributed by atoms with Gasteiger partial charge in [0.05, 0.1) is 12.2 Å². The lowest BCUT2D eigenvalue weighted by Gasteiger charge is -2.08. The smallest absolute Gasteiger partial charge is 0.354 e. The predicted octanol–water partition coefficient (Wildman–Crippen LogP) is 2.67. The molecule has 0 unspecified atom stereocenters. The zero-order valence-electron chi connectivity index (χ0n) is 9.73. The Bertz CT molecular complexity index is 597. The van der Waals surface area contributed by atoms with Crippen LogP contribution in [0.5, 0.6) is 0 Å². The number of aromatic nitrogens is 1. The van der Waals surface area contributed by atoms with E-state index < -0.39 is 17.6 Å². The highest BCUT2D eigenvalue weighted by Gasteiger charge is 2.09. The second-order valence-corrected chi connectivity index (χ2v) is 3.77. The number of nitrogens with zero attached hydrogens (tertiary/aromatic N) is 1. The number of hydrogen-bond donors (Lipinski definition) is 2. The quantitative estimate of drug-likeness (QED) is 0.891. The van der Waals surface area contributed by atoms with Gasteiger partial charge in [-0.15, -0.1) is 0 Å². The molecule has 6 heteroatoms. The average molecular weight is 264 g/mol. The van der Waals surface area contributed by atoms with Crippen LogP contribution in [0.15, 0.2) is 36.4 Å². The molecule has 0 fully saturated rings. The number of pyridine rings is 1. The Labute approximate surface area is 107 Å². The van der Waals surface area contributed by atoms with Gasteiger partial charge >= 0.3 is 5.97 Å². The summed E-state index contributed by atoms with van der Waals surface area (Å²) in [6.45, 7) is 0.0268. The summed E-state index contributed by atoms with van der Waals surface area (Å²) in [7, 11) is 0. The minimum absolute atomic E-state index is 0.0268. The standard InChI is InChI=1S/C13H10F2N2O2/c14-9-4-2-5-10(15)12(9)16-7-8-3-1-6-11(17-8)13(18)19/h1-6,16H,7H2,(H,18,19). The van der Waals surface area contributed by atoms with E-state index in [1.165, 1.54) is 18.2 Å². The van der Waals surface area contributed by atoms with Crippen molar-refractivity contribution in [1.29, 1.82) is 0 Å². The van der Waals surface area contributed by atoms with Gasteiger partial charge in [-0.2, -0.15) is 0 Å². The second kappa shape index (κ2) is 5.43. The van der Waals surface area contributed by atoms with Gasteiger partial charge in [0.1, 0.15) is 23.0 Å². The molecule has 2 aromatic rings. The Morgan fingerprint density at radius 3 is 2.42 bits per heavy atom. The van der Waals surface area contributed by atoms with Crippen molar-refractivity contribution >= 4 is 11.7 Å². The maximum Gasteiger partial charge on any atom is 0.354 e. The SMILES string of the molecule is O=C(O)c1cccc(CNc2c(F)cccc2F)n1. The number of anilines is 1. The monoisotopic (exact) mass is 264 g/mol. The molecule has 0 saturated carbocycles. The van der Waals surface area contributed by atoms with Crippen molar-refractivity contribution in [3.63, 3.8) is 0 Å². The van der Waals surface area contributed by atoms with Gasteiger partial charge in [0, 0.05) is 0 Å². The maximum atomic E-state index is 13.3. The number of para-hydroxylation sites is 1. The van der Waals surface area contributed by atoms with Crippen molar-refractivity contribution in [2.75, 3.05) is 5.32 Å². The Balaban J connectivity index is 2.15. The van der Waals surface area contributed by atoms with Crippen LogP contribution in [-0.4, -0.2) is 16.1 Å². The van der Waals surface area contributed by atoms with E-state index in [-0.39, 0.29) is 17.9 Å². The number of nitrogens with one attached hydrogen (secondary N) is 1. The number of rotatable bonds is 4. The van der Waals surface area contributed by atoms with Crippen LogP contribution >= 0.6 is 0 Å². The third kappa shape index (κ3) is 3.04. The molecule has 1 aromatic carbocycles. The maximum absolute atomic E-state index is 13.3. The Morgan fingerprint density at radius 2 is 1.79 bits per heavy atom. The van der Waals surface area contributed by atoms with E-state index >= 15 is 0 Å². The second-order valence-electron chi connectivity index (χ2n) is 3.77. The highest BCUT2D eigenvalue weighted by molar-refractivity contribution is 5.85. The molecule has 2 N–H and O–H groups in total. The van der Waals surface area contributed by atoms with Crippen molar-refractivity contribution in [1.82, 2.24) is 4.98 Å². The van der Waals surface area contributed by atoms with Crippen LogP contribution in [0, 0.1) is 11.6 Å². The third-order valence-electron chi connectivity index (χ3n) is 2.43. The first-order valence-electron chi connectivity index (χ1n) is 5.45. The molecule has 0 aliphatic rings. The van der Waals surface area contributed by atoms with Crippen LogP contribution < -0.4 is 5.32 Å². The van der Waals surface area contributed by atoms with Gasteiger partial charge in [-0.3, -0.25) is 0 Å². The Kier molecular flexibility index (Phi) is 3.70. The van der Waals surface area contributed by atoms with Gasteiger partial charge in [0.2, 0.25) is 0 Å². The fourth-order valence-electron chi connectivity index (χ4n) is 1.54. The molecule has 98 valence electrons. The summed E-state index contributed by atoms with van der Waals surface area (Å²) in [6.07, 6.45) is 0. The number of carboxylic acid groups (broad SMARTS) is 1. The lowest BCUT2D eigenvalue weighted by molar-refractivity contribution is 0.0690. The van der Waals surface area contributed by atoms with E-state index in [9.17, 15) is 13.6 Å². The van der Waals surface area contributed by atoms with Crippen LogP contribution in [0.3, 0.4) is 0 Å². The summed E-state index contributed by atoms with van der Waals surface area (Å²) < 4.78 is 26.7. The molecule has 0 radical (unpaired) electrons. The zero-order valence-corrected chi connectivity index (χ0v) is 9.73. The molecule has 0 bridgehead atoms. The third-order valence-corrected chi connectivity index (χ3v) is 2.43. The first kappa shape index (κ1) is 12.9. The molecule has 0 saturated heterocycles. The van der Waals surface area contributed by atoms with Crippen LogP contribution in [-0.2, 0) is 6.54 Å². The molecule has 4 nitrogen and oxygen atoms in total. The van der Waals surface area contributed by atoms with Gasteiger partial charge in [-0.05, 0) is 24.3 Å². The molecular weight excluding hydrogens is 254 g/mol. The first-order chi connectivity index (χ1) is 9.08. The Hall–Kier alpha value is -2.50. The molecular formula is C13H10F2N2O2. The lowest BCUT2D eigenvalue weighted by Crippen LogP contribution is -2.08. The number of halogens is 2. The van der Waals surface area contributed by atoms with Crippen LogP contribution in [0.2, 0.25) is 0 Å². The molecule has 1 aromatic heterocycles. The Morgan fingerprint density at radius 1 is 1.16 bits per heavy atom. The van der Waals surface area contributed by atoms with Crippen molar-refractivity contribution in [2.45, 2.75) is 6.54 Å². The molecule has 0 aliphatic heterocycles. The molecule has 1 heterocycles. The summed E-state index contributed by atoms with van der Waals surface area (Å²) >= 11 is 0. The molecule has 0 atom stereocenters. The number of aromatic carboxylic acids is 1. The van der Waals surface area contributed by atoms with E-state index in [2.05, 4.69) is 10.3 Å². The number of benzene rings is 1. The fourth-order valence-corrected chi connectivity index (χ4v) is 1.54. The lowest BCUT2D eigenvalue weighted by atomic mass is 10.2. The number of hydrogen-bond acceptors (Lipinski definition) is 3. The van der Waals surface area contributed by atoms with Crippen LogP contribution in [0.25, 0.3) is 0 Å². The van der Waals surface area contributed by atoms with Crippen molar-refractivity contribution < 1.29 is 18.7 Å². The summed E-state index contributed by atoms with van der Waals surface area (Å²) in [4.78, 5) is 14.6. The summed E-state index contributed by atoms with van der Waals surface area (Å²) in [5.74, 6) is -2.58. The topological polar surface area (TPSA) is 62.2 Å². The average Bonchev–Trinajstić information content (AvgIpc) is 2.38. The van der Waals surface area contributed by atoms with Gasteiger partial charge in [0.25, 0.3) is 0 Å². The molecule has 2 rings (SSSR count). The van der Waals surface area contributed by atoms with E-state index in [0.29, 0.717) is 5.69 Å².